The molecule has 0 rings (SSSR count). The molecule has 0 bridgehead atoms. The van der Waals surface area contributed by atoms with Gasteiger partial charge in [-0.2, -0.15) is 0 Å². The zero-order chi connectivity index (χ0) is 5.21. The molecule has 4 nitrogen and oxygen atoms in total. The Kier molecular flexibility index (Phi) is 6.99. The summed E-state index contributed by atoms with van der Waals surface area (Å²) >= 11 is 0.257. The van der Waals surface area contributed by atoms with Crippen LogP contribution in [0.3, 0.4) is 0 Å². The summed E-state index contributed by atoms with van der Waals surface area (Å²) in [5.41, 5.74) is 0. The van der Waals surface area contributed by atoms with Crippen molar-refractivity contribution in [3.63, 3.8) is 0 Å². The maximum absolute atomic E-state index is 9.50. The minimum atomic E-state index is -4.10. The predicted octanol–water partition coefficient (Wildman–Crippen LogP) is -1.09. The van der Waals surface area contributed by atoms with E-state index in [0.29, 0.717) is 0 Å². The molecule has 0 saturated heterocycles. The van der Waals surface area contributed by atoms with Gasteiger partial charge in [0.1, 0.15) is 0 Å². The van der Waals surface area contributed by atoms with Crippen LogP contribution in [0, 0.1) is 0 Å². The molecule has 2 N–H and O–H groups in total. The van der Waals surface area contributed by atoms with Crippen LogP contribution in [0.1, 0.15) is 0 Å². The first-order valence-electron chi connectivity index (χ1n) is 0.948. The second-order valence-corrected chi connectivity index (χ2v) is 3.48. The van der Waals surface area contributed by atoms with Crippen LogP contribution in [0.15, 0.2) is 0 Å². The molecule has 0 aromatic rings. The molecule has 0 heterocycles. The maximum atomic E-state index is 9.50. The molecule has 7 heavy (non-hydrogen) atoms. The molecule has 7 heteroatoms. The molecule has 0 aromatic carbocycles. The molecule has 0 atom stereocenters. The Balaban J connectivity index is 0. The van der Waals surface area contributed by atoms with Gasteiger partial charge in [-0.15, -0.1) is 0 Å². The van der Waals surface area contributed by atoms with Crippen LogP contribution in [0.4, 0.5) is 0 Å². The van der Waals surface area contributed by atoms with Gasteiger partial charge in [0.25, 0.3) is 0 Å². The van der Waals surface area contributed by atoms with Crippen molar-refractivity contribution >= 4 is 26.7 Å². The van der Waals surface area contributed by atoms with E-state index in [2.05, 4.69) is 3.03 Å². The second kappa shape index (κ2) is 4.34. The SMILES string of the molecule is O=P(O)(O)[O][Ta].[LiH]. The van der Waals surface area contributed by atoms with E-state index in [1.165, 1.54) is 0 Å². The molecule has 0 radical (unpaired) electrons. The molecular weight excluding hydrogens is 283 g/mol. The second-order valence-electron chi connectivity index (χ2n) is 0.572. The third kappa shape index (κ3) is 11.2. The number of hydrogen-bond acceptors (Lipinski definition) is 2. The van der Waals surface area contributed by atoms with Crippen LogP contribution in [-0.4, -0.2) is 28.6 Å². The summed E-state index contributed by atoms with van der Waals surface area (Å²) in [6.07, 6.45) is 0. The van der Waals surface area contributed by atoms with Gasteiger partial charge in [0.05, 0.1) is 0 Å². The Hall–Kier alpha value is 1.45. The van der Waals surface area contributed by atoms with Crippen LogP contribution in [0.2, 0.25) is 0 Å². The van der Waals surface area contributed by atoms with Crippen molar-refractivity contribution in [2.45, 2.75) is 0 Å². The molecule has 0 aliphatic rings. The fourth-order valence-corrected chi connectivity index (χ4v) is 0. The molecule has 0 aromatic heterocycles. The summed E-state index contributed by atoms with van der Waals surface area (Å²) in [5.74, 6) is 0. The third-order valence-electron chi connectivity index (χ3n) is 0.106. The Labute approximate surface area is 65.5 Å². The van der Waals surface area contributed by atoms with E-state index in [0.717, 1.165) is 0 Å². The van der Waals surface area contributed by atoms with E-state index in [1.54, 1.807) is 0 Å². The van der Waals surface area contributed by atoms with Gasteiger partial charge >= 0.3 is 65.5 Å². The molecule has 38 valence electrons. The van der Waals surface area contributed by atoms with Gasteiger partial charge in [0.2, 0.25) is 0 Å². The van der Waals surface area contributed by atoms with Crippen molar-refractivity contribution in [3.05, 3.63) is 0 Å². The minimum absolute atomic E-state index is 0. The van der Waals surface area contributed by atoms with Gasteiger partial charge in [0.15, 0.2) is 0 Å². The van der Waals surface area contributed by atoms with Crippen LogP contribution >= 0.6 is 7.82 Å². The normalized spacial score (nSPS) is 10.0. The number of rotatable bonds is 1. The topological polar surface area (TPSA) is 66.8 Å². The fraction of sp³-hybridized carbons (Fsp3) is 0. The van der Waals surface area contributed by atoms with Crippen molar-refractivity contribution in [2.75, 3.05) is 0 Å². The van der Waals surface area contributed by atoms with Gasteiger partial charge in [-0.1, -0.05) is 0 Å². The van der Waals surface area contributed by atoms with Crippen LogP contribution < -0.4 is 0 Å². The van der Waals surface area contributed by atoms with Gasteiger partial charge < -0.3 is 0 Å². The average Bonchev–Trinajstić information content (AvgIpc) is 1.35. The van der Waals surface area contributed by atoms with Crippen LogP contribution in [-0.2, 0) is 29.1 Å². The van der Waals surface area contributed by atoms with Gasteiger partial charge in [-0.05, 0) is 0 Å². The monoisotopic (exact) mass is 286 g/mol. The summed E-state index contributed by atoms with van der Waals surface area (Å²) in [4.78, 5) is 15.5. The summed E-state index contributed by atoms with van der Waals surface area (Å²) in [5, 5.41) is 0. The van der Waals surface area contributed by atoms with Crippen LogP contribution in [0.25, 0.3) is 0 Å². The summed E-state index contributed by atoms with van der Waals surface area (Å²) in [6.45, 7) is 0. The first-order valence-corrected chi connectivity index (χ1v) is 3.79. The zero-order valence-electron chi connectivity index (χ0n) is 2.61. The van der Waals surface area contributed by atoms with Crippen LogP contribution in [0.5, 0.6) is 0 Å². The van der Waals surface area contributed by atoms with Crippen molar-refractivity contribution in [1.29, 1.82) is 0 Å². The summed E-state index contributed by atoms with van der Waals surface area (Å²) in [6, 6.07) is 0. The number of hydrogen-bond donors (Lipinski definition) is 2. The number of phosphoric acid groups is 1. The first kappa shape index (κ1) is 11.3. The van der Waals surface area contributed by atoms with E-state index < -0.39 is 7.82 Å². The molecular formula is H3LiO4PTa. The van der Waals surface area contributed by atoms with Crippen molar-refractivity contribution in [3.8, 4) is 0 Å². The summed E-state index contributed by atoms with van der Waals surface area (Å²) in [7, 11) is -4.10. The average molecular weight is 286 g/mol. The van der Waals surface area contributed by atoms with Crippen molar-refractivity contribution in [1.82, 2.24) is 0 Å². The van der Waals surface area contributed by atoms with Crippen molar-refractivity contribution in [2.24, 2.45) is 0 Å². The Morgan fingerprint density at radius 2 is 1.71 bits per heavy atom. The first-order chi connectivity index (χ1) is 2.56. The standard InChI is InChI=1S/Li.H3O4P.Ta.H/c;1-5(2,3)4;;/h;(H3,1,2,3,4);;/q;;+1;/p-1. The van der Waals surface area contributed by atoms with Gasteiger partial charge in [-0.3, -0.25) is 0 Å². The van der Waals surface area contributed by atoms with E-state index in [-0.39, 0.29) is 40.3 Å². The van der Waals surface area contributed by atoms with E-state index in [1.807, 2.05) is 0 Å². The van der Waals surface area contributed by atoms with Gasteiger partial charge in [-0.25, -0.2) is 0 Å². The molecule has 0 unspecified atom stereocenters. The Morgan fingerprint density at radius 3 is 1.71 bits per heavy atom. The van der Waals surface area contributed by atoms with E-state index in [9.17, 15) is 4.57 Å². The Morgan fingerprint density at radius 1 is 1.57 bits per heavy atom. The van der Waals surface area contributed by atoms with Crippen molar-refractivity contribution < 1.29 is 38.8 Å². The molecule has 0 fully saturated rings. The third-order valence-corrected chi connectivity index (χ3v) is 2.61. The molecule has 0 aliphatic carbocycles. The zero-order valence-corrected chi connectivity index (χ0v) is 6.71. The Bertz CT molecular complexity index is 75.8. The molecule has 0 saturated carbocycles. The predicted molar refractivity (Wildman–Crippen MR) is 20.3 cm³/mol. The quantitative estimate of drug-likeness (QED) is 0.475. The molecule has 0 spiro atoms. The summed E-state index contributed by atoms with van der Waals surface area (Å²) < 4.78 is 13.2. The fourth-order valence-electron chi connectivity index (χ4n) is 0. The van der Waals surface area contributed by atoms with Gasteiger partial charge in [0, 0.05) is 0 Å². The molecule has 0 amide bonds. The van der Waals surface area contributed by atoms with E-state index in [4.69, 9.17) is 9.79 Å². The molecule has 0 aliphatic heterocycles. The van der Waals surface area contributed by atoms with E-state index >= 15 is 0 Å².